The van der Waals surface area contributed by atoms with E-state index in [1.807, 2.05) is 0 Å². The quantitative estimate of drug-likeness (QED) is 0.805. The number of ether oxygens (including phenoxy) is 1. The molecule has 0 aliphatic carbocycles. The number of halogens is 1. The van der Waals surface area contributed by atoms with Crippen LogP contribution in [0.25, 0.3) is 0 Å². The first-order valence-electron chi connectivity index (χ1n) is 5.92. The molecule has 6 heteroatoms. The maximum atomic E-state index is 6.03. The van der Waals surface area contributed by atoms with E-state index in [9.17, 15) is 0 Å². The van der Waals surface area contributed by atoms with Gasteiger partial charge in [-0.15, -0.1) is 0 Å². The number of rotatable bonds is 1. The van der Waals surface area contributed by atoms with Gasteiger partial charge in [0, 0.05) is 19.2 Å². The number of hydrogen-bond acceptors (Lipinski definition) is 5. The third kappa shape index (κ3) is 3.11. The average Bonchev–Trinajstić information content (AvgIpc) is 2.10. The Balaban J connectivity index is 2.32. The predicted molar refractivity (Wildman–Crippen MR) is 75.6 cm³/mol. The molecule has 2 heterocycles. The SMILES string of the molecule is CC1(C)CN(c2nc(N)cc(Br)n2)CC(C)(C)O1. The number of nitrogens with two attached hydrogens (primary N) is 1. The zero-order chi connectivity index (χ0) is 13.6. The summed E-state index contributed by atoms with van der Waals surface area (Å²) in [5, 5.41) is 0. The van der Waals surface area contributed by atoms with Gasteiger partial charge in [-0.3, -0.25) is 0 Å². The topological polar surface area (TPSA) is 64.3 Å². The Morgan fingerprint density at radius 1 is 1.22 bits per heavy atom. The maximum Gasteiger partial charge on any atom is 0.228 e. The molecular weight excluding hydrogens is 296 g/mol. The fourth-order valence-electron chi connectivity index (χ4n) is 2.49. The van der Waals surface area contributed by atoms with Crippen LogP contribution in [-0.4, -0.2) is 34.3 Å². The van der Waals surface area contributed by atoms with E-state index in [1.165, 1.54) is 0 Å². The summed E-state index contributed by atoms with van der Waals surface area (Å²) in [5.41, 5.74) is 5.29. The lowest BCUT2D eigenvalue weighted by Crippen LogP contribution is -2.57. The highest BCUT2D eigenvalue weighted by Gasteiger charge is 2.39. The molecule has 1 saturated heterocycles. The molecule has 1 aliphatic rings. The molecule has 0 atom stereocenters. The van der Waals surface area contributed by atoms with Crippen LogP contribution in [0.5, 0.6) is 0 Å². The van der Waals surface area contributed by atoms with Crippen molar-refractivity contribution in [1.29, 1.82) is 0 Å². The van der Waals surface area contributed by atoms with Gasteiger partial charge >= 0.3 is 0 Å². The van der Waals surface area contributed by atoms with E-state index in [2.05, 4.69) is 58.5 Å². The van der Waals surface area contributed by atoms with Gasteiger partial charge in [0.15, 0.2) is 0 Å². The molecule has 1 aromatic heterocycles. The summed E-state index contributed by atoms with van der Waals surface area (Å²) >= 11 is 3.35. The van der Waals surface area contributed by atoms with Crippen molar-refractivity contribution in [3.05, 3.63) is 10.7 Å². The van der Waals surface area contributed by atoms with Crippen LogP contribution < -0.4 is 10.6 Å². The highest BCUT2D eigenvalue weighted by molar-refractivity contribution is 9.10. The third-order valence-electron chi connectivity index (χ3n) is 2.68. The molecule has 0 bridgehead atoms. The van der Waals surface area contributed by atoms with Gasteiger partial charge in [-0.05, 0) is 43.6 Å². The van der Waals surface area contributed by atoms with Gasteiger partial charge in [-0.25, -0.2) is 4.98 Å². The average molecular weight is 315 g/mol. The van der Waals surface area contributed by atoms with E-state index < -0.39 is 0 Å². The van der Waals surface area contributed by atoms with E-state index in [0.29, 0.717) is 16.4 Å². The Morgan fingerprint density at radius 3 is 2.28 bits per heavy atom. The van der Waals surface area contributed by atoms with Crippen LogP contribution >= 0.6 is 15.9 Å². The molecular formula is C12H19BrN4O. The standard InChI is InChI=1S/C12H19BrN4O/c1-11(2)6-17(7-12(3,4)18-11)10-15-8(13)5-9(14)16-10/h5H,6-7H2,1-4H3,(H2,14,15,16). The number of aromatic nitrogens is 2. The lowest BCUT2D eigenvalue weighted by atomic mass is 9.99. The first kappa shape index (κ1) is 13.5. The van der Waals surface area contributed by atoms with E-state index in [4.69, 9.17) is 10.5 Å². The summed E-state index contributed by atoms with van der Waals surface area (Å²) in [6.45, 7) is 9.77. The van der Waals surface area contributed by atoms with Crippen molar-refractivity contribution in [3.8, 4) is 0 Å². The van der Waals surface area contributed by atoms with Crippen LogP contribution in [0.15, 0.2) is 10.7 Å². The summed E-state index contributed by atoms with van der Waals surface area (Å²) in [4.78, 5) is 10.8. The van der Waals surface area contributed by atoms with Crippen molar-refractivity contribution >= 4 is 27.7 Å². The number of morpholine rings is 1. The highest BCUT2D eigenvalue weighted by Crippen LogP contribution is 2.30. The number of nitrogens with zero attached hydrogens (tertiary/aromatic N) is 3. The van der Waals surface area contributed by atoms with Crippen molar-refractivity contribution in [2.75, 3.05) is 23.7 Å². The molecule has 2 rings (SSSR count). The van der Waals surface area contributed by atoms with Crippen molar-refractivity contribution in [3.63, 3.8) is 0 Å². The van der Waals surface area contributed by atoms with Crippen LogP contribution in [0.2, 0.25) is 0 Å². The number of nitrogen functional groups attached to an aromatic ring is 1. The Hall–Kier alpha value is -0.880. The fraction of sp³-hybridized carbons (Fsp3) is 0.667. The van der Waals surface area contributed by atoms with Crippen LogP contribution in [0.3, 0.4) is 0 Å². The molecule has 0 amide bonds. The molecule has 1 aliphatic heterocycles. The van der Waals surface area contributed by atoms with Crippen molar-refractivity contribution in [2.24, 2.45) is 0 Å². The minimum atomic E-state index is -0.234. The summed E-state index contributed by atoms with van der Waals surface area (Å²) in [6, 6.07) is 1.69. The lowest BCUT2D eigenvalue weighted by Gasteiger charge is -2.47. The summed E-state index contributed by atoms with van der Waals surface area (Å²) < 4.78 is 6.73. The predicted octanol–water partition coefficient (Wildman–Crippen LogP) is 2.22. The summed E-state index contributed by atoms with van der Waals surface area (Å²) in [5.74, 6) is 1.11. The molecule has 0 spiro atoms. The minimum absolute atomic E-state index is 0.234. The normalized spacial score (nSPS) is 21.9. The highest BCUT2D eigenvalue weighted by atomic mass is 79.9. The van der Waals surface area contributed by atoms with Gasteiger partial charge in [-0.2, -0.15) is 4.98 Å². The molecule has 1 fully saturated rings. The first-order valence-corrected chi connectivity index (χ1v) is 6.71. The Bertz CT molecular complexity index is 425. The minimum Gasteiger partial charge on any atom is -0.383 e. The maximum absolute atomic E-state index is 6.03. The second-order valence-corrected chi connectivity index (χ2v) is 6.71. The van der Waals surface area contributed by atoms with Crippen molar-refractivity contribution < 1.29 is 4.74 Å². The van der Waals surface area contributed by atoms with Crippen molar-refractivity contribution in [1.82, 2.24) is 9.97 Å². The molecule has 5 nitrogen and oxygen atoms in total. The first-order chi connectivity index (χ1) is 8.17. The molecule has 1 aromatic rings. The largest absolute Gasteiger partial charge is 0.383 e. The number of anilines is 2. The van der Waals surface area contributed by atoms with Gasteiger partial charge in [0.05, 0.1) is 11.2 Å². The smallest absolute Gasteiger partial charge is 0.228 e. The van der Waals surface area contributed by atoms with Gasteiger partial charge in [-0.1, -0.05) is 0 Å². The van der Waals surface area contributed by atoms with E-state index in [0.717, 1.165) is 13.1 Å². The van der Waals surface area contributed by atoms with Gasteiger partial charge < -0.3 is 15.4 Å². The summed E-state index contributed by atoms with van der Waals surface area (Å²) in [6.07, 6.45) is 0. The molecule has 2 N–H and O–H groups in total. The molecule has 0 unspecified atom stereocenters. The zero-order valence-corrected chi connectivity index (χ0v) is 12.8. The second kappa shape index (κ2) is 4.35. The van der Waals surface area contributed by atoms with E-state index in [-0.39, 0.29) is 11.2 Å². The molecule has 100 valence electrons. The van der Waals surface area contributed by atoms with Gasteiger partial charge in [0.25, 0.3) is 0 Å². The molecule has 0 radical (unpaired) electrons. The monoisotopic (exact) mass is 314 g/mol. The van der Waals surface area contributed by atoms with Crippen molar-refractivity contribution in [2.45, 2.75) is 38.9 Å². The van der Waals surface area contributed by atoms with E-state index in [1.54, 1.807) is 6.07 Å². The molecule has 18 heavy (non-hydrogen) atoms. The second-order valence-electron chi connectivity index (χ2n) is 5.89. The fourth-order valence-corrected chi connectivity index (χ4v) is 2.89. The van der Waals surface area contributed by atoms with Crippen LogP contribution in [0, 0.1) is 0 Å². The number of hydrogen-bond donors (Lipinski definition) is 1. The van der Waals surface area contributed by atoms with Gasteiger partial charge in [0.2, 0.25) is 5.95 Å². The van der Waals surface area contributed by atoms with Crippen LogP contribution in [-0.2, 0) is 4.74 Å². The third-order valence-corrected chi connectivity index (χ3v) is 3.09. The Labute approximate surface area is 116 Å². The Morgan fingerprint density at radius 2 is 1.78 bits per heavy atom. The molecule has 0 aromatic carbocycles. The van der Waals surface area contributed by atoms with Gasteiger partial charge in [0.1, 0.15) is 10.4 Å². The van der Waals surface area contributed by atoms with E-state index >= 15 is 0 Å². The lowest BCUT2D eigenvalue weighted by molar-refractivity contribution is -0.133. The van der Waals surface area contributed by atoms with Crippen LogP contribution in [0.4, 0.5) is 11.8 Å². The summed E-state index contributed by atoms with van der Waals surface area (Å²) in [7, 11) is 0. The molecule has 0 saturated carbocycles. The zero-order valence-electron chi connectivity index (χ0n) is 11.2. The van der Waals surface area contributed by atoms with Crippen LogP contribution in [0.1, 0.15) is 27.7 Å². The Kier molecular flexibility index (Phi) is 3.27.